The second-order valence-electron chi connectivity index (χ2n) is 7.22. The van der Waals surface area contributed by atoms with Gasteiger partial charge in [0, 0.05) is 37.0 Å². The molecule has 0 radical (unpaired) electrons. The van der Waals surface area contributed by atoms with Crippen LogP contribution in [0.5, 0.6) is 0 Å². The molecule has 1 aromatic heterocycles. The van der Waals surface area contributed by atoms with E-state index in [9.17, 15) is 0 Å². The zero-order valence-electron chi connectivity index (χ0n) is 16.8. The smallest absolute Gasteiger partial charge is 0.0908 e. The number of halogens is 1. The fourth-order valence-corrected chi connectivity index (χ4v) is 3.51. The first-order chi connectivity index (χ1) is 13.3. The lowest BCUT2D eigenvalue weighted by atomic mass is 10.1. The molecule has 0 bridgehead atoms. The van der Waals surface area contributed by atoms with Gasteiger partial charge < -0.3 is 10.1 Å². The molecule has 1 N–H and O–H groups in total. The number of rotatable bonds is 15. The van der Waals surface area contributed by atoms with Crippen LogP contribution in [-0.2, 0) is 4.74 Å². The van der Waals surface area contributed by atoms with Crippen molar-refractivity contribution >= 4 is 28.2 Å². The first-order valence-electron chi connectivity index (χ1n) is 10.7. The van der Waals surface area contributed by atoms with Crippen LogP contribution >= 0.6 is 11.6 Å². The fourth-order valence-electron chi connectivity index (χ4n) is 3.29. The molecule has 0 aliphatic rings. The van der Waals surface area contributed by atoms with E-state index >= 15 is 0 Å². The van der Waals surface area contributed by atoms with E-state index in [0.29, 0.717) is 5.02 Å². The summed E-state index contributed by atoms with van der Waals surface area (Å²) in [5.41, 5.74) is 2.00. The summed E-state index contributed by atoms with van der Waals surface area (Å²) in [7, 11) is 0. The van der Waals surface area contributed by atoms with Gasteiger partial charge in [0.1, 0.15) is 0 Å². The molecule has 1 heterocycles. The number of unbranched alkanes of at least 4 members (excludes halogenated alkanes) is 8. The lowest BCUT2D eigenvalue weighted by Crippen LogP contribution is -2.02. The topological polar surface area (TPSA) is 34.1 Å². The van der Waals surface area contributed by atoms with Crippen LogP contribution in [0.15, 0.2) is 30.5 Å². The Morgan fingerprint density at radius 2 is 1.59 bits per heavy atom. The van der Waals surface area contributed by atoms with Crippen molar-refractivity contribution in [3.8, 4) is 0 Å². The number of hydrogen-bond donors (Lipinski definition) is 1. The number of hydrogen-bond acceptors (Lipinski definition) is 3. The third kappa shape index (κ3) is 8.49. The first kappa shape index (κ1) is 22.0. The Hall–Kier alpha value is -1.32. The second kappa shape index (κ2) is 13.8. The van der Waals surface area contributed by atoms with E-state index in [0.717, 1.165) is 36.3 Å². The Kier molecular flexibility index (Phi) is 11.2. The van der Waals surface area contributed by atoms with Crippen LogP contribution in [0.25, 0.3) is 10.9 Å². The minimum atomic E-state index is 0.709. The molecule has 0 aliphatic carbocycles. The van der Waals surface area contributed by atoms with Crippen molar-refractivity contribution in [2.24, 2.45) is 0 Å². The van der Waals surface area contributed by atoms with Crippen molar-refractivity contribution in [3.63, 3.8) is 0 Å². The van der Waals surface area contributed by atoms with E-state index in [1.165, 1.54) is 64.2 Å². The molecule has 150 valence electrons. The van der Waals surface area contributed by atoms with Gasteiger partial charge in [-0.2, -0.15) is 0 Å². The van der Waals surface area contributed by atoms with E-state index in [-0.39, 0.29) is 0 Å². The largest absolute Gasteiger partial charge is 0.384 e. The van der Waals surface area contributed by atoms with Crippen molar-refractivity contribution in [1.29, 1.82) is 0 Å². The summed E-state index contributed by atoms with van der Waals surface area (Å²) in [6.07, 6.45) is 14.6. The van der Waals surface area contributed by atoms with Crippen molar-refractivity contribution < 1.29 is 4.74 Å². The molecule has 4 heteroatoms. The zero-order chi connectivity index (χ0) is 19.2. The van der Waals surface area contributed by atoms with Crippen LogP contribution in [0.1, 0.15) is 71.1 Å². The number of pyridine rings is 1. The molecule has 0 atom stereocenters. The predicted octanol–water partition coefficient (Wildman–Crippen LogP) is 7.24. The number of aromatic nitrogens is 1. The molecule has 0 spiro atoms. The summed E-state index contributed by atoms with van der Waals surface area (Å²) in [4.78, 5) is 4.38. The number of anilines is 1. The summed E-state index contributed by atoms with van der Waals surface area (Å²) in [5.74, 6) is 0. The van der Waals surface area contributed by atoms with Gasteiger partial charge >= 0.3 is 0 Å². The molecule has 27 heavy (non-hydrogen) atoms. The van der Waals surface area contributed by atoms with Gasteiger partial charge in [-0.15, -0.1) is 0 Å². The summed E-state index contributed by atoms with van der Waals surface area (Å²) in [6.45, 7) is 5.12. The van der Waals surface area contributed by atoms with Gasteiger partial charge in [-0.3, -0.25) is 4.98 Å². The number of ether oxygens (including phenoxy) is 1. The number of benzene rings is 1. The Balaban J connectivity index is 1.47. The highest BCUT2D eigenvalue weighted by molar-refractivity contribution is 6.35. The van der Waals surface area contributed by atoms with Crippen molar-refractivity contribution in [3.05, 3.63) is 35.5 Å². The van der Waals surface area contributed by atoms with Gasteiger partial charge in [0.15, 0.2) is 0 Å². The van der Waals surface area contributed by atoms with Gasteiger partial charge in [-0.05, 0) is 31.4 Å². The Bertz CT molecular complexity index is 647. The molecule has 3 nitrogen and oxygen atoms in total. The van der Waals surface area contributed by atoms with Crippen LogP contribution in [0.2, 0.25) is 5.02 Å². The van der Waals surface area contributed by atoms with E-state index in [1.54, 1.807) is 0 Å². The average molecular weight is 391 g/mol. The predicted molar refractivity (Wildman–Crippen MR) is 118 cm³/mol. The van der Waals surface area contributed by atoms with E-state index in [2.05, 4.69) is 23.3 Å². The van der Waals surface area contributed by atoms with Gasteiger partial charge in [0.05, 0.1) is 10.5 Å². The maximum atomic E-state index is 6.22. The highest BCUT2D eigenvalue weighted by atomic mass is 35.5. The Morgan fingerprint density at radius 1 is 0.889 bits per heavy atom. The molecule has 0 amide bonds. The average Bonchev–Trinajstić information content (AvgIpc) is 2.69. The van der Waals surface area contributed by atoms with E-state index < -0.39 is 0 Å². The molecule has 0 saturated carbocycles. The van der Waals surface area contributed by atoms with E-state index in [4.69, 9.17) is 16.3 Å². The van der Waals surface area contributed by atoms with Crippen molar-refractivity contribution in [2.75, 3.05) is 25.1 Å². The first-order valence-corrected chi connectivity index (χ1v) is 11.1. The van der Waals surface area contributed by atoms with Gasteiger partial charge in [0.25, 0.3) is 0 Å². The van der Waals surface area contributed by atoms with Gasteiger partial charge in [-0.25, -0.2) is 0 Å². The summed E-state index contributed by atoms with van der Waals surface area (Å²) in [6, 6.07) is 7.97. The molecular weight excluding hydrogens is 356 g/mol. The number of para-hydroxylation sites is 1. The molecule has 2 rings (SSSR count). The summed E-state index contributed by atoms with van der Waals surface area (Å²) in [5, 5.41) is 5.34. The second-order valence-corrected chi connectivity index (χ2v) is 7.62. The fraction of sp³-hybridized carbons (Fsp3) is 0.609. The minimum Gasteiger partial charge on any atom is -0.384 e. The van der Waals surface area contributed by atoms with Crippen LogP contribution < -0.4 is 5.32 Å². The molecule has 2 aromatic rings. The quantitative estimate of drug-likeness (QED) is 0.325. The van der Waals surface area contributed by atoms with Crippen LogP contribution in [-0.4, -0.2) is 24.7 Å². The lowest BCUT2D eigenvalue weighted by molar-refractivity contribution is 0.126. The van der Waals surface area contributed by atoms with Crippen molar-refractivity contribution in [1.82, 2.24) is 4.98 Å². The maximum absolute atomic E-state index is 6.22. The van der Waals surface area contributed by atoms with Crippen LogP contribution in [0.4, 0.5) is 5.69 Å². The zero-order valence-corrected chi connectivity index (χ0v) is 17.6. The molecule has 0 saturated heterocycles. The van der Waals surface area contributed by atoms with Crippen LogP contribution in [0, 0.1) is 0 Å². The summed E-state index contributed by atoms with van der Waals surface area (Å²) < 4.78 is 5.69. The number of nitrogens with zero attached hydrogens (tertiary/aromatic N) is 1. The highest BCUT2D eigenvalue weighted by Gasteiger charge is 2.04. The molecular formula is C23H35ClN2O. The minimum absolute atomic E-state index is 0.709. The maximum Gasteiger partial charge on any atom is 0.0908 e. The molecule has 0 unspecified atom stereocenters. The van der Waals surface area contributed by atoms with Gasteiger partial charge in [-0.1, -0.05) is 75.6 Å². The third-order valence-electron chi connectivity index (χ3n) is 4.89. The molecule has 1 aromatic carbocycles. The molecule has 0 fully saturated rings. The SMILES string of the molecule is CCCCCCOCCCCCCCCNc1ccnc2c(Cl)cccc12. The van der Waals surface area contributed by atoms with Gasteiger partial charge in [0.2, 0.25) is 0 Å². The monoisotopic (exact) mass is 390 g/mol. The van der Waals surface area contributed by atoms with Crippen LogP contribution in [0.3, 0.4) is 0 Å². The highest BCUT2D eigenvalue weighted by Crippen LogP contribution is 2.26. The standard InChI is InChI=1S/C23H35ClN2O/c1-2-3-4-10-18-27-19-11-8-6-5-7-9-16-25-22-15-17-26-23-20(22)13-12-14-21(23)24/h12-15,17H,2-11,16,18-19H2,1H3,(H,25,26). The Labute approximate surface area is 169 Å². The molecule has 0 aliphatic heterocycles. The van der Waals surface area contributed by atoms with Crippen molar-refractivity contribution in [2.45, 2.75) is 71.1 Å². The normalized spacial score (nSPS) is 11.2. The number of fused-ring (bicyclic) bond motifs is 1. The Morgan fingerprint density at radius 3 is 2.37 bits per heavy atom. The lowest BCUT2D eigenvalue weighted by Gasteiger charge is -2.10. The third-order valence-corrected chi connectivity index (χ3v) is 5.20. The number of nitrogens with one attached hydrogen (secondary N) is 1. The summed E-state index contributed by atoms with van der Waals surface area (Å²) >= 11 is 6.22. The van der Waals surface area contributed by atoms with E-state index in [1.807, 2.05) is 24.4 Å².